The zero-order valence-corrected chi connectivity index (χ0v) is 11.4. The maximum atomic E-state index is 4.71. The molecular weight excluding hydrogens is 236 g/mol. The number of hydrogen-bond acceptors (Lipinski definition) is 3. The quantitative estimate of drug-likeness (QED) is 0.853. The second-order valence-electron chi connectivity index (χ2n) is 6.04. The van der Waals surface area contributed by atoms with E-state index in [4.69, 9.17) is 4.98 Å². The van der Waals surface area contributed by atoms with Gasteiger partial charge in [0.25, 0.3) is 0 Å². The SMILES string of the molecule is Cc1nc(N2CC3CCCCC3C2)c2cc[nH]c2n1. The van der Waals surface area contributed by atoms with Crippen LogP contribution >= 0.6 is 0 Å². The zero-order chi connectivity index (χ0) is 12.8. The summed E-state index contributed by atoms with van der Waals surface area (Å²) in [4.78, 5) is 14.9. The minimum atomic E-state index is 0.861. The van der Waals surface area contributed by atoms with Crippen molar-refractivity contribution in [3.8, 4) is 0 Å². The highest BCUT2D eigenvalue weighted by Crippen LogP contribution is 2.38. The fourth-order valence-electron chi connectivity index (χ4n) is 3.85. The first-order chi connectivity index (χ1) is 9.31. The van der Waals surface area contributed by atoms with E-state index in [1.165, 1.54) is 44.2 Å². The Morgan fingerprint density at radius 3 is 2.63 bits per heavy atom. The molecule has 2 aromatic heterocycles. The Kier molecular flexibility index (Phi) is 2.50. The van der Waals surface area contributed by atoms with Gasteiger partial charge in [-0.2, -0.15) is 0 Å². The summed E-state index contributed by atoms with van der Waals surface area (Å²) >= 11 is 0. The molecule has 1 saturated heterocycles. The fraction of sp³-hybridized carbons (Fsp3) is 0.600. The molecule has 3 heterocycles. The van der Waals surface area contributed by atoms with Gasteiger partial charge in [0.15, 0.2) is 0 Å². The van der Waals surface area contributed by atoms with Gasteiger partial charge in [0.05, 0.1) is 5.39 Å². The molecule has 0 spiro atoms. The van der Waals surface area contributed by atoms with Crippen LogP contribution in [-0.4, -0.2) is 28.0 Å². The van der Waals surface area contributed by atoms with Crippen molar-refractivity contribution in [1.29, 1.82) is 0 Å². The van der Waals surface area contributed by atoms with Crippen LogP contribution in [0.2, 0.25) is 0 Å². The van der Waals surface area contributed by atoms with Crippen LogP contribution in [0.15, 0.2) is 12.3 Å². The lowest BCUT2D eigenvalue weighted by atomic mass is 9.82. The first-order valence-electron chi connectivity index (χ1n) is 7.38. The fourth-order valence-corrected chi connectivity index (χ4v) is 3.85. The molecule has 1 aliphatic heterocycles. The van der Waals surface area contributed by atoms with Gasteiger partial charge in [0.1, 0.15) is 17.3 Å². The molecule has 0 aromatic carbocycles. The van der Waals surface area contributed by atoms with E-state index in [2.05, 4.69) is 20.9 Å². The second-order valence-corrected chi connectivity index (χ2v) is 6.04. The third-order valence-electron chi connectivity index (χ3n) is 4.78. The third-order valence-corrected chi connectivity index (χ3v) is 4.78. The van der Waals surface area contributed by atoms with Crippen molar-refractivity contribution in [2.75, 3.05) is 18.0 Å². The molecule has 2 fully saturated rings. The lowest BCUT2D eigenvalue weighted by Crippen LogP contribution is -2.21. The van der Waals surface area contributed by atoms with Gasteiger partial charge >= 0.3 is 0 Å². The molecule has 2 aromatic rings. The summed E-state index contributed by atoms with van der Waals surface area (Å²) in [6.45, 7) is 4.34. The molecule has 4 nitrogen and oxygen atoms in total. The molecule has 2 aliphatic rings. The Morgan fingerprint density at radius 1 is 1.16 bits per heavy atom. The van der Waals surface area contributed by atoms with E-state index in [1.807, 2.05) is 13.1 Å². The van der Waals surface area contributed by atoms with Crippen molar-refractivity contribution in [2.45, 2.75) is 32.6 Å². The Labute approximate surface area is 113 Å². The second kappa shape index (κ2) is 4.22. The molecule has 19 heavy (non-hydrogen) atoms. The van der Waals surface area contributed by atoms with Crippen LogP contribution in [0.1, 0.15) is 31.5 Å². The van der Waals surface area contributed by atoms with Gasteiger partial charge in [-0.1, -0.05) is 12.8 Å². The van der Waals surface area contributed by atoms with E-state index in [0.29, 0.717) is 0 Å². The Balaban J connectivity index is 1.72. The molecule has 1 saturated carbocycles. The molecular formula is C15H20N4. The number of nitrogens with one attached hydrogen (secondary N) is 1. The van der Waals surface area contributed by atoms with Crippen LogP contribution in [0.25, 0.3) is 11.0 Å². The van der Waals surface area contributed by atoms with E-state index < -0.39 is 0 Å². The van der Waals surface area contributed by atoms with E-state index in [0.717, 1.165) is 29.1 Å². The van der Waals surface area contributed by atoms with E-state index in [-0.39, 0.29) is 0 Å². The smallest absolute Gasteiger partial charge is 0.143 e. The highest BCUT2D eigenvalue weighted by atomic mass is 15.2. The number of aromatic amines is 1. The van der Waals surface area contributed by atoms with E-state index in [1.54, 1.807) is 0 Å². The van der Waals surface area contributed by atoms with Crippen molar-refractivity contribution >= 4 is 16.9 Å². The Bertz CT molecular complexity index is 589. The highest BCUT2D eigenvalue weighted by Gasteiger charge is 2.35. The number of aromatic nitrogens is 3. The van der Waals surface area contributed by atoms with Gasteiger partial charge < -0.3 is 9.88 Å². The standard InChI is InChI=1S/C15H20N4/c1-10-17-14-13(6-7-16-14)15(18-10)19-8-11-4-2-3-5-12(11)9-19/h6-7,11-12H,2-5,8-9H2,1H3,(H,16,17,18). The first-order valence-corrected chi connectivity index (χ1v) is 7.38. The normalized spacial score (nSPS) is 26.9. The topological polar surface area (TPSA) is 44.8 Å². The number of anilines is 1. The molecule has 0 radical (unpaired) electrons. The van der Waals surface area contributed by atoms with Crippen LogP contribution in [0, 0.1) is 18.8 Å². The number of aryl methyl sites for hydroxylation is 1. The van der Waals surface area contributed by atoms with Crippen LogP contribution in [0.5, 0.6) is 0 Å². The van der Waals surface area contributed by atoms with Crippen molar-refractivity contribution in [2.24, 2.45) is 11.8 Å². The van der Waals surface area contributed by atoms with E-state index in [9.17, 15) is 0 Å². The number of fused-ring (bicyclic) bond motifs is 2. The maximum absolute atomic E-state index is 4.71. The summed E-state index contributed by atoms with van der Waals surface area (Å²) in [5.74, 6) is 3.77. The summed E-state index contributed by atoms with van der Waals surface area (Å²) in [6, 6.07) is 2.10. The van der Waals surface area contributed by atoms with Crippen LogP contribution in [0.3, 0.4) is 0 Å². The number of H-pyrrole nitrogens is 1. The molecule has 4 heteroatoms. The van der Waals surface area contributed by atoms with Crippen LogP contribution < -0.4 is 4.90 Å². The lowest BCUT2D eigenvalue weighted by molar-refractivity contribution is 0.299. The summed E-state index contributed by atoms with van der Waals surface area (Å²) in [5, 5.41) is 1.17. The van der Waals surface area contributed by atoms with Crippen molar-refractivity contribution in [3.63, 3.8) is 0 Å². The van der Waals surface area contributed by atoms with Gasteiger partial charge in [-0.3, -0.25) is 0 Å². The minimum absolute atomic E-state index is 0.861. The monoisotopic (exact) mass is 256 g/mol. The summed E-state index contributed by atoms with van der Waals surface area (Å²) < 4.78 is 0. The molecule has 1 N–H and O–H groups in total. The maximum Gasteiger partial charge on any atom is 0.143 e. The lowest BCUT2D eigenvalue weighted by Gasteiger charge is -2.22. The zero-order valence-electron chi connectivity index (χ0n) is 11.4. The highest BCUT2D eigenvalue weighted by molar-refractivity contribution is 5.87. The van der Waals surface area contributed by atoms with E-state index >= 15 is 0 Å². The van der Waals surface area contributed by atoms with Crippen LogP contribution in [-0.2, 0) is 0 Å². The predicted molar refractivity (Wildman–Crippen MR) is 76.3 cm³/mol. The average molecular weight is 256 g/mol. The van der Waals surface area contributed by atoms with Gasteiger partial charge in [-0.25, -0.2) is 9.97 Å². The van der Waals surface area contributed by atoms with Gasteiger partial charge in [-0.15, -0.1) is 0 Å². The molecule has 2 atom stereocenters. The molecule has 4 rings (SSSR count). The molecule has 2 unspecified atom stereocenters. The van der Waals surface area contributed by atoms with Gasteiger partial charge in [0.2, 0.25) is 0 Å². The molecule has 1 aliphatic carbocycles. The van der Waals surface area contributed by atoms with Crippen molar-refractivity contribution < 1.29 is 0 Å². The average Bonchev–Trinajstić information content (AvgIpc) is 3.03. The Hall–Kier alpha value is -1.58. The number of hydrogen-bond donors (Lipinski definition) is 1. The van der Waals surface area contributed by atoms with Crippen molar-refractivity contribution in [3.05, 3.63) is 18.1 Å². The first kappa shape index (κ1) is 11.3. The summed E-state index contributed by atoms with van der Waals surface area (Å²) in [7, 11) is 0. The molecule has 0 bridgehead atoms. The number of rotatable bonds is 1. The Morgan fingerprint density at radius 2 is 1.89 bits per heavy atom. The third kappa shape index (κ3) is 1.81. The molecule has 100 valence electrons. The largest absolute Gasteiger partial charge is 0.355 e. The number of nitrogens with zero attached hydrogens (tertiary/aromatic N) is 3. The minimum Gasteiger partial charge on any atom is -0.355 e. The van der Waals surface area contributed by atoms with Crippen LogP contribution in [0.4, 0.5) is 5.82 Å². The predicted octanol–water partition coefficient (Wildman–Crippen LogP) is 2.89. The van der Waals surface area contributed by atoms with Gasteiger partial charge in [-0.05, 0) is 37.7 Å². The van der Waals surface area contributed by atoms with Gasteiger partial charge in [0, 0.05) is 19.3 Å². The summed E-state index contributed by atoms with van der Waals surface area (Å²) in [6.07, 6.45) is 7.60. The molecule has 0 amide bonds. The van der Waals surface area contributed by atoms with Crippen molar-refractivity contribution in [1.82, 2.24) is 15.0 Å². The summed E-state index contributed by atoms with van der Waals surface area (Å²) in [5.41, 5.74) is 0.970.